The molecular formula is C17H23BrN2O. The highest BCUT2D eigenvalue weighted by Gasteiger charge is 2.38. The Morgan fingerprint density at radius 1 is 1.33 bits per heavy atom. The smallest absolute Gasteiger partial charge is 0.252 e. The van der Waals surface area contributed by atoms with Gasteiger partial charge in [-0.3, -0.25) is 4.79 Å². The Balaban J connectivity index is 1.58. The van der Waals surface area contributed by atoms with Gasteiger partial charge in [0.2, 0.25) is 0 Å². The van der Waals surface area contributed by atoms with E-state index in [9.17, 15) is 4.79 Å². The van der Waals surface area contributed by atoms with Gasteiger partial charge in [-0.2, -0.15) is 0 Å². The van der Waals surface area contributed by atoms with Gasteiger partial charge in [0.05, 0.1) is 5.56 Å². The van der Waals surface area contributed by atoms with E-state index in [0.717, 1.165) is 34.2 Å². The van der Waals surface area contributed by atoms with E-state index in [1.54, 1.807) is 0 Å². The van der Waals surface area contributed by atoms with Crippen LogP contribution in [0.2, 0.25) is 0 Å². The van der Waals surface area contributed by atoms with Crippen LogP contribution in [0.15, 0.2) is 22.7 Å². The molecule has 2 aliphatic rings. The first-order valence-electron chi connectivity index (χ1n) is 7.81. The van der Waals surface area contributed by atoms with E-state index in [4.69, 9.17) is 0 Å². The summed E-state index contributed by atoms with van der Waals surface area (Å²) in [6.45, 7) is 2.82. The van der Waals surface area contributed by atoms with Crippen molar-refractivity contribution in [2.45, 2.75) is 44.7 Å². The lowest BCUT2D eigenvalue weighted by Gasteiger charge is -2.36. The third kappa shape index (κ3) is 3.02. The predicted octanol–water partition coefficient (Wildman–Crippen LogP) is 3.36. The lowest BCUT2D eigenvalue weighted by atomic mass is 9.91. The number of benzene rings is 1. The van der Waals surface area contributed by atoms with Gasteiger partial charge in [-0.25, -0.2) is 0 Å². The maximum Gasteiger partial charge on any atom is 0.252 e. The van der Waals surface area contributed by atoms with Gasteiger partial charge in [0, 0.05) is 23.1 Å². The van der Waals surface area contributed by atoms with Crippen molar-refractivity contribution in [3.8, 4) is 0 Å². The first kappa shape index (κ1) is 15.0. The number of carbonyl (C=O) groups excluding carboxylic acids is 1. The third-order valence-corrected chi connectivity index (χ3v) is 6.24. The molecule has 1 aromatic carbocycles. The Kier molecular flexibility index (Phi) is 4.36. The van der Waals surface area contributed by atoms with Crippen LogP contribution in [0, 0.1) is 12.8 Å². The van der Waals surface area contributed by atoms with Crippen molar-refractivity contribution in [2.75, 3.05) is 13.6 Å². The van der Waals surface area contributed by atoms with Gasteiger partial charge >= 0.3 is 0 Å². The second-order valence-electron chi connectivity index (χ2n) is 6.53. The van der Waals surface area contributed by atoms with Gasteiger partial charge in [-0.1, -0.05) is 12.1 Å². The van der Waals surface area contributed by atoms with E-state index < -0.39 is 0 Å². The van der Waals surface area contributed by atoms with Crippen LogP contribution in [0.3, 0.4) is 0 Å². The molecule has 1 aromatic rings. The monoisotopic (exact) mass is 350 g/mol. The van der Waals surface area contributed by atoms with Crippen LogP contribution < -0.4 is 5.32 Å². The number of halogens is 1. The molecule has 3 rings (SSSR count). The number of hydrogen-bond acceptors (Lipinski definition) is 2. The third-order valence-electron chi connectivity index (χ3n) is 5.18. The summed E-state index contributed by atoms with van der Waals surface area (Å²) in [6, 6.07) is 7.29. The van der Waals surface area contributed by atoms with E-state index in [-0.39, 0.29) is 5.91 Å². The van der Waals surface area contributed by atoms with Crippen LogP contribution in [0.1, 0.15) is 41.6 Å². The van der Waals surface area contributed by atoms with Gasteiger partial charge < -0.3 is 10.2 Å². The van der Waals surface area contributed by atoms with Crippen LogP contribution in [0.5, 0.6) is 0 Å². The number of amides is 1. The molecule has 2 saturated heterocycles. The summed E-state index contributed by atoms with van der Waals surface area (Å²) in [4.78, 5) is 14.9. The number of carbonyl (C=O) groups is 1. The molecule has 2 heterocycles. The minimum atomic E-state index is 0.0388. The molecule has 1 N–H and O–H groups in total. The molecule has 1 amide bonds. The first-order valence-corrected chi connectivity index (χ1v) is 8.61. The molecule has 4 heteroatoms. The zero-order chi connectivity index (χ0) is 15.0. The van der Waals surface area contributed by atoms with Gasteiger partial charge in [-0.15, -0.1) is 0 Å². The molecular weight excluding hydrogens is 328 g/mol. The summed E-state index contributed by atoms with van der Waals surface area (Å²) in [7, 11) is 2.25. The number of rotatable bonds is 3. The van der Waals surface area contributed by atoms with Crippen molar-refractivity contribution in [3.05, 3.63) is 33.8 Å². The molecule has 2 unspecified atom stereocenters. The Morgan fingerprint density at radius 3 is 2.67 bits per heavy atom. The molecule has 2 aliphatic heterocycles. The van der Waals surface area contributed by atoms with Crippen molar-refractivity contribution < 1.29 is 4.79 Å². The minimum absolute atomic E-state index is 0.0388. The molecule has 0 radical (unpaired) electrons. The highest BCUT2D eigenvalue weighted by Crippen LogP contribution is 2.37. The predicted molar refractivity (Wildman–Crippen MR) is 88.5 cm³/mol. The van der Waals surface area contributed by atoms with E-state index in [0.29, 0.717) is 5.92 Å². The summed E-state index contributed by atoms with van der Waals surface area (Å²) in [5.41, 5.74) is 1.84. The number of nitrogens with one attached hydrogen (secondary N) is 1. The van der Waals surface area contributed by atoms with E-state index in [2.05, 4.69) is 33.2 Å². The molecule has 0 aromatic heterocycles. The van der Waals surface area contributed by atoms with Crippen LogP contribution in [-0.2, 0) is 0 Å². The molecule has 2 atom stereocenters. The van der Waals surface area contributed by atoms with E-state index >= 15 is 0 Å². The van der Waals surface area contributed by atoms with Gasteiger partial charge in [0.1, 0.15) is 0 Å². The molecule has 3 nitrogen and oxygen atoms in total. The molecule has 21 heavy (non-hydrogen) atoms. The molecule has 0 aliphatic carbocycles. The van der Waals surface area contributed by atoms with Crippen molar-refractivity contribution in [1.82, 2.24) is 10.2 Å². The zero-order valence-corrected chi connectivity index (χ0v) is 14.3. The molecule has 0 spiro atoms. The summed E-state index contributed by atoms with van der Waals surface area (Å²) in [5.74, 6) is 0.670. The topological polar surface area (TPSA) is 32.3 Å². The molecule has 0 saturated carbocycles. The van der Waals surface area contributed by atoms with Crippen LogP contribution >= 0.6 is 15.9 Å². The van der Waals surface area contributed by atoms with Crippen molar-refractivity contribution in [3.63, 3.8) is 0 Å². The van der Waals surface area contributed by atoms with E-state index in [1.165, 1.54) is 25.7 Å². The molecule has 2 fully saturated rings. The average molecular weight is 351 g/mol. The second-order valence-corrected chi connectivity index (χ2v) is 7.33. The average Bonchev–Trinajstić information content (AvgIpc) is 2.70. The Labute approximate surface area is 135 Å². The molecule has 114 valence electrons. The zero-order valence-electron chi connectivity index (χ0n) is 12.7. The standard InChI is InChI=1S/C17H23BrN2O/c1-11-4-3-5-15(16(11)18)17(21)19-10-12-8-13-6-7-14(9-12)20(13)2/h3-5,12-14H,6-10H2,1-2H3,(H,19,21). The normalized spacial score (nSPS) is 28.6. The number of aryl methyl sites for hydroxylation is 1. The molecule has 2 bridgehead atoms. The quantitative estimate of drug-likeness (QED) is 0.906. The summed E-state index contributed by atoms with van der Waals surface area (Å²) in [6.07, 6.45) is 5.11. The van der Waals surface area contributed by atoms with Gasteiger partial charge in [0.25, 0.3) is 5.91 Å². The maximum atomic E-state index is 12.4. The number of fused-ring (bicyclic) bond motifs is 2. The van der Waals surface area contributed by atoms with Crippen LogP contribution in [0.25, 0.3) is 0 Å². The summed E-state index contributed by atoms with van der Waals surface area (Å²) in [5, 5.41) is 3.13. The number of hydrogen-bond donors (Lipinski definition) is 1. The van der Waals surface area contributed by atoms with Crippen molar-refractivity contribution in [2.24, 2.45) is 5.92 Å². The van der Waals surface area contributed by atoms with E-state index in [1.807, 2.05) is 25.1 Å². The Morgan fingerprint density at radius 2 is 2.00 bits per heavy atom. The highest BCUT2D eigenvalue weighted by molar-refractivity contribution is 9.10. The van der Waals surface area contributed by atoms with Gasteiger partial charge in [0.15, 0.2) is 0 Å². The largest absolute Gasteiger partial charge is 0.352 e. The minimum Gasteiger partial charge on any atom is -0.352 e. The Bertz CT molecular complexity index is 532. The van der Waals surface area contributed by atoms with Crippen LogP contribution in [0.4, 0.5) is 0 Å². The fourth-order valence-electron chi connectivity index (χ4n) is 3.85. The number of piperidine rings is 1. The van der Waals surface area contributed by atoms with Gasteiger partial charge in [-0.05, 0) is 73.1 Å². The Hall–Kier alpha value is -0.870. The van der Waals surface area contributed by atoms with Crippen molar-refractivity contribution >= 4 is 21.8 Å². The summed E-state index contributed by atoms with van der Waals surface area (Å²) >= 11 is 3.52. The summed E-state index contributed by atoms with van der Waals surface area (Å²) < 4.78 is 0.908. The number of nitrogens with zero attached hydrogens (tertiary/aromatic N) is 1. The maximum absolute atomic E-state index is 12.4. The lowest BCUT2D eigenvalue weighted by Crippen LogP contribution is -2.43. The second kappa shape index (κ2) is 6.09. The fourth-order valence-corrected chi connectivity index (χ4v) is 4.29. The highest BCUT2D eigenvalue weighted by atomic mass is 79.9. The fraction of sp³-hybridized carbons (Fsp3) is 0.588. The van der Waals surface area contributed by atoms with Crippen molar-refractivity contribution in [1.29, 1.82) is 0 Å². The lowest BCUT2D eigenvalue weighted by molar-refractivity contribution is 0.0916. The first-order chi connectivity index (χ1) is 10.1. The van der Waals surface area contributed by atoms with Crippen LogP contribution in [-0.4, -0.2) is 36.5 Å². The SMILES string of the molecule is Cc1cccc(C(=O)NCC2CC3CCC(C2)N3C)c1Br.